The quantitative estimate of drug-likeness (QED) is 0.0322. The highest BCUT2D eigenvalue weighted by atomic mass is 16.5. The normalized spacial score (nSPS) is 12.7. The fourth-order valence-corrected chi connectivity index (χ4v) is 8.22. The summed E-state index contributed by atoms with van der Waals surface area (Å²) >= 11 is 0. The zero-order chi connectivity index (χ0) is 43.0. The number of aliphatic hydroxyl groups excluding tert-OH is 2. The van der Waals surface area contributed by atoms with Gasteiger partial charge >= 0.3 is 5.97 Å². The first-order valence-electron chi connectivity index (χ1n) is 26.4. The smallest absolute Gasteiger partial charge is 0.305 e. The van der Waals surface area contributed by atoms with Crippen LogP contribution in [0.3, 0.4) is 0 Å². The Bertz CT molecular complexity index is 878. The fourth-order valence-electron chi connectivity index (χ4n) is 8.22. The summed E-state index contributed by atoms with van der Waals surface area (Å²) in [5, 5.41) is 23.2. The van der Waals surface area contributed by atoms with E-state index in [1.165, 1.54) is 205 Å². The first kappa shape index (κ1) is 57.6. The number of amides is 1. The molecule has 0 saturated carbocycles. The predicted molar refractivity (Wildman–Crippen MR) is 255 cm³/mol. The number of nitrogens with one attached hydrogen (secondary N) is 1. The van der Waals surface area contributed by atoms with Crippen molar-refractivity contribution >= 4 is 11.9 Å². The Morgan fingerprint density at radius 2 is 0.797 bits per heavy atom. The number of hydrogen-bond donors (Lipinski definition) is 3. The minimum Gasteiger partial charge on any atom is -0.466 e. The lowest BCUT2D eigenvalue weighted by Crippen LogP contribution is -2.45. The Hall–Kier alpha value is -1.40. The van der Waals surface area contributed by atoms with E-state index in [2.05, 4.69) is 31.3 Å². The van der Waals surface area contributed by atoms with E-state index in [0.29, 0.717) is 25.9 Å². The second-order valence-electron chi connectivity index (χ2n) is 18.2. The fraction of sp³-hybridized carbons (Fsp3) is 0.925. The molecular formula is C53H103NO5. The van der Waals surface area contributed by atoms with E-state index in [-0.39, 0.29) is 18.5 Å². The van der Waals surface area contributed by atoms with Crippen molar-refractivity contribution in [2.24, 2.45) is 0 Å². The van der Waals surface area contributed by atoms with Gasteiger partial charge in [-0.25, -0.2) is 0 Å². The molecule has 2 unspecified atom stereocenters. The van der Waals surface area contributed by atoms with E-state index in [4.69, 9.17) is 4.74 Å². The molecule has 2 atom stereocenters. The first-order valence-corrected chi connectivity index (χ1v) is 26.4. The monoisotopic (exact) mass is 834 g/mol. The van der Waals surface area contributed by atoms with Crippen LogP contribution in [0.25, 0.3) is 0 Å². The molecule has 59 heavy (non-hydrogen) atoms. The molecule has 0 heterocycles. The summed E-state index contributed by atoms with van der Waals surface area (Å²) in [6.07, 6.45) is 56.1. The van der Waals surface area contributed by atoms with Crippen LogP contribution < -0.4 is 5.32 Å². The first-order chi connectivity index (χ1) is 29.0. The molecule has 0 aliphatic rings. The summed E-state index contributed by atoms with van der Waals surface area (Å²) in [4.78, 5) is 24.4. The van der Waals surface area contributed by atoms with Crippen molar-refractivity contribution in [3.05, 3.63) is 12.2 Å². The number of allylic oxidation sites excluding steroid dienone is 2. The van der Waals surface area contributed by atoms with Crippen LogP contribution in [-0.4, -0.2) is 47.4 Å². The number of rotatable bonds is 49. The summed E-state index contributed by atoms with van der Waals surface area (Å²) < 4.78 is 5.46. The summed E-state index contributed by atoms with van der Waals surface area (Å²) in [7, 11) is 0. The third kappa shape index (κ3) is 45.9. The molecule has 0 saturated heterocycles. The van der Waals surface area contributed by atoms with Crippen molar-refractivity contribution in [3.63, 3.8) is 0 Å². The topological polar surface area (TPSA) is 95.9 Å². The zero-order valence-corrected chi connectivity index (χ0v) is 39.7. The highest BCUT2D eigenvalue weighted by Gasteiger charge is 2.20. The van der Waals surface area contributed by atoms with Gasteiger partial charge in [0.15, 0.2) is 0 Å². The van der Waals surface area contributed by atoms with Gasteiger partial charge in [-0.05, 0) is 51.4 Å². The molecule has 0 aromatic rings. The van der Waals surface area contributed by atoms with E-state index in [1.807, 2.05) is 0 Å². The van der Waals surface area contributed by atoms with E-state index >= 15 is 0 Å². The Labute approximate surface area is 368 Å². The molecule has 0 aliphatic carbocycles. The Morgan fingerprint density at radius 3 is 1.22 bits per heavy atom. The van der Waals surface area contributed by atoms with Gasteiger partial charge < -0.3 is 20.3 Å². The maximum Gasteiger partial charge on any atom is 0.305 e. The van der Waals surface area contributed by atoms with Crippen molar-refractivity contribution in [2.75, 3.05) is 13.2 Å². The van der Waals surface area contributed by atoms with Crippen molar-refractivity contribution in [1.29, 1.82) is 0 Å². The van der Waals surface area contributed by atoms with E-state index in [9.17, 15) is 19.8 Å². The average molecular weight is 834 g/mol. The predicted octanol–water partition coefficient (Wildman–Crippen LogP) is 15.7. The number of aliphatic hydroxyl groups is 2. The highest BCUT2D eigenvalue weighted by molar-refractivity contribution is 5.76. The van der Waals surface area contributed by atoms with Crippen LogP contribution in [-0.2, 0) is 14.3 Å². The molecule has 6 heteroatoms. The molecule has 0 aliphatic heterocycles. The van der Waals surface area contributed by atoms with Crippen LogP contribution in [0.4, 0.5) is 0 Å². The number of ether oxygens (including phenoxy) is 1. The molecule has 1 amide bonds. The van der Waals surface area contributed by atoms with Crippen molar-refractivity contribution < 1.29 is 24.5 Å². The van der Waals surface area contributed by atoms with Gasteiger partial charge in [-0.2, -0.15) is 0 Å². The zero-order valence-electron chi connectivity index (χ0n) is 39.7. The van der Waals surface area contributed by atoms with Gasteiger partial charge in [0.05, 0.1) is 25.4 Å². The van der Waals surface area contributed by atoms with Crippen LogP contribution in [0.2, 0.25) is 0 Å². The molecule has 0 fully saturated rings. The molecule has 6 nitrogen and oxygen atoms in total. The molecule has 0 aromatic carbocycles. The van der Waals surface area contributed by atoms with Gasteiger partial charge in [0, 0.05) is 12.8 Å². The molecule has 0 bridgehead atoms. The van der Waals surface area contributed by atoms with Gasteiger partial charge in [0.25, 0.3) is 0 Å². The van der Waals surface area contributed by atoms with Crippen LogP contribution in [0.5, 0.6) is 0 Å². The van der Waals surface area contributed by atoms with Gasteiger partial charge in [-0.3, -0.25) is 9.59 Å². The SMILES string of the molecule is CCCCCC/C=C\CCCCCCCC(=O)OCCCCCCCCCCCCCCCCCC(=O)NC(CO)C(O)CCCCCCCCCCCCCCCC. The maximum atomic E-state index is 12.4. The lowest BCUT2D eigenvalue weighted by Gasteiger charge is -2.22. The molecular weight excluding hydrogens is 731 g/mol. The highest BCUT2D eigenvalue weighted by Crippen LogP contribution is 2.17. The summed E-state index contributed by atoms with van der Waals surface area (Å²) in [6, 6.07) is -0.546. The van der Waals surface area contributed by atoms with E-state index in [0.717, 1.165) is 51.4 Å². The van der Waals surface area contributed by atoms with Gasteiger partial charge in [-0.15, -0.1) is 0 Å². The standard InChI is InChI=1S/C53H103NO5/c1-3-5-7-9-11-13-15-17-22-25-29-33-37-41-45-51(56)50(49-55)54-52(57)46-42-38-34-30-26-23-19-18-20-24-28-32-36-40-44-48-59-53(58)47-43-39-35-31-27-21-16-14-12-10-8-6-4-2/h14,16,50-51,55-56H,3-13,15,17-49H2,1-2H3,(H,54,57)/b16-14-. The number of hydrogen-bond acceptors (Lipinski definition) is 5. The van der Waals surface area contributed by atoms with Crippen LogP contribution in [0.1, 0.15) is 290 Å². The van der Waals surface area contributed by atoms with Crippen molar-refractivity contribution in [1.82, 2.24) is 5.32 Å². The Morgan fingerprint density at radius 1 is 0.458 bits per heavy atom. The van der Waals surface area contributed by atoms with Gasteiger partial charge in [0.1, 0.15) is 0 Å². The third-order valence-corrected chi connectivity index (χ3v) is 12.3. The lowest BCUT2D eigenvalue weighted by molar-refractivity contribution is -0.143. The lowest BCUT2D eigenvalue weighted by atomic mass is 10.0. The van der Waals surface area contributed by atoms with Gasteiger partial charge in [0.2, 0.25) is 5.91 Å². The summed E-state index contributed by atoms with van der Waals surface area (Å²) in [5.74, 6) is -0.0511. The van der Waals surface area contributed by atoms with Crippen LogP contribution in [0.15, 0.2) is 12.2 Å². The molecule has 0 aromatic heterocycles. The molecule has 0 spiro atoms. The number of carbonyl (C=O) groups excluding carboxylic acids is 2. The molecule has 350 valence electrons. The Kier molecular flexibility index (Phi) is 48.1. The van der Waals surface area contributed by atoms with E-state index < -0.39 is 12.1 Å². The average Bonchev–Trinajstić information content (AvgIpc) is 3.24. The third-order valence-electron chi connectivity index (χ3n) is 12.3. The van der Waals surface area contributed by atoms with Crippen molar-refractivity contribution in [3.8, 4) is 0 Å². The number of unbranched alkanes of at least 4 members (excludes halogenated alkanes) is 36. The second kappa shape index (κ2) is 49.3. The maximum absolute atomic E-state index is 12.4. The molecule has 0 rings (SSSR count). The van der Waals surface area contributed by atoms with Crippen LogP contribution >= 0.6 is 0 Å². The summed E-state index contributed by atoms with van der Waals surface area (Å²) in [5.41, 5.74) is 0. The summed E-state index contributed by atoms with van der Waals surface area (Å²) in [6.45, 7) is 4.92. The minimum absolute atomic E-state index is 0.00831. The number of carbonyl (C=O) groups is 2. The minimum atomic E-state index is -0.669. The molecule has 0 radical (unpaired) electrons. The second-order valence-corrected chi connectivity index (χ2v) is 18.2. The largest absolute Gasteiger partial charge is 0.466 e. The molecule has 3 N–H and O–H groups in total. The van der Waals surface area contributed by atoms with E-state index in [1.54, 1.807) is 0 Å². The number of esters is 1. The van der Waals surface area contributed by atoms with Gasteiger partial charge in [-0.1, -0.05) is 238 Å². The Balaban J connectivity index is 3.43. The van der Waals surface area contributed by atoms with Crippen LogP contribution in [0, 0.1) is 0 Å². The van der Waals surface area contributed by atoms with Crippen molar-refractivity contribution in [2.45, 2.75) is 302 Å².